The van der Waals surface area contributed by atoms with Crippen LogP contribution >= 0.6 is 46.4 Å². The quantitative estimate of drug-likeness (QED) is 0.0382. The first-order chi connectivity index (χ1) is 30.6. The number of alkyl halides is 2. The van der Waals surface area contributed by atoms with E-state index in [2.05, 4.69) is 41.7 Å². The lowest BCUT2D eigenvalue weighted by atomic mass is 10.1. The fourth-order valence-corrected chi connectivity index (χ4v) is 7.07. The van der Waals surface area contributed by atoms with Gasteiger partial charge in [0.15, 0.2) is 11.6 Å². The molecule has 18 heteroatoms. The first-order valence-corrected chi connectivity index (χ1v) is 21.5. The summed E-state index contributed by atoms with van der Waals surface area (Å²) in [5.41, 5.74) is 4.85. The molecule has 5 aromatic carbocycles. The number of rotatable bonds is 18. The average molecular weight is 945 g/mol. The van der Waals surface area contributed by atoms with Crippen LogP contribution in [0.5, 0.6) is 0 Å². The Kier molecular flexibility index (Phi) is 17.4. The molecular formula is C46H42Cl4N8O6. The molecule has 2 atom stereocenters. The number of halogens is 4. The molecule has 4 amide bonds. The van der Waals surface area contributed by atoms with Gasteiger partial charge in [-0.25, -0.2) is 0 Å². The van der Waals surface area contributed by atoms with Gasteiger partial charge in [0.1, 0.15) is 11.4 Å². The zero-order valence-corrected chi connectivity index (χ0v) is 38.0. The summed E-state index contributed by atoms with van der Waals surface area (Å²) in [7, 11) is 0. The van der Waals surface area contributed by atoms with Gasteiger partial charge in [-0.15, -0.1) is 23.2 Å². The minimum Gasteiger partial charge on any atom is -0.324 e. The van der Waals surface area contributed by atoms with Crippen molar-refractivity contribution in [2.45, 2.75) is 52.6 Å². The maximum Gasteiger partial charge on any atom is 0.258 e. The van der Waals surface area contributed by atoms with E-state index in [4.69, 9.17) is 46.4 Å². The molecule has 5 rings (SSSR count). The number of aryl methyl sites for hydroxylation is 4. The molecule has 2 unspecified atom stereocenters. The summed E-state index contributed by atoms with van der Waals surface area (Å²) in [6.45, 7) is 5.67. The summed E-state index contributed by atoms with van der Waals surface area (Å²) >= 11 is 24.8. The molecule has 5 aromatic rings. The Morgan fingerprint density at radius 1 is 0.531 bits per heavy atom. The molecule has 0 bridgehead atoms. The Bertz CT molecular complexity index is 2490. The number of carbonyl (C=O) groups excluding carboxylic acids is 6. The molecule has 330 valence electrons. The van der Waals surface area contributed by atoms with Gasteiger partial charge in [0.05, 0.1) is 21.2 Å². The SMILES string of the molecule is CC(=O)C(N=Nc1cccc(C(=O)Nc2cccc(CCCl)c2)c1Cl)C(=O)Nc1cc(C)c(NC(=O)C(N=Nc2cccc(C(=O)Nc3cccc(CCCl)c3)c2Cl)C(C)=O)cc1C. The van der Waals surface area contributed by atoms with E-state index in [1.807, 2.05) is 12.1 Å². The van der Waals surface area contributed by atoms with Crippen molar-refractivity contribution in [2.24, 2.45) is 20.5 Å². The number of hydrogen-bond acceptors (Lipinski definition) is 10. The predicted molar refractivity (Wildman–Crippen MR) is 252 cm³/mol. The largest absolute Gasteiger partial charge is 0.324 e. The summed E-state index contributed by atoms with van der Waals surface area (Å²) in [6.07, 6.45) is 1.25. The summed E-state index contributed by atoms with van der Waals surface area (Å²) in [5, 5.41) is 27.0. The van der Waals surface area contributed by atoms with Crippen molar-refractivity contribution in [3.63, 3.8) is 0 Å². The second-order valence-electron chi connectivity index (χ2n) is 14.4. The third-order valence-corrected chi connectivity index (χ3v) is 10.7. The van der Waals surface area contributed by atoms with Gasteiger partial charge in [-0.1, -0.05) is 59.6 Å². The second kappa shape index (κ2) is 22.9. The normalized spacial score (nSPS) is 12.1. The summed E-state index contributed by atoms with van der Waals surface area (Å²) in [5.74, 6) is -3.00. The van der Waals surface area contributed by atoms with Crippen molar-refractivity contribution in [1.82, 2.24) is 0 Å². The van der Waals surface area contributed by atoms with E-state index < -0.39 is 47.3 Å². The van der Waals surface area contributed by atoms with E-state index in [1.165, 1.54) is 38.1 Å². The molecule has 0 aliphatic heterocycles. The number of azo groups is 2. The highest BCUT2D eigenvalue weighted by Crippen LogP contribution is 2.32. The van der Waals surface area contributed by atoms with E-state index in [9.17, 15) is 28.8 Å². The van der Waals surface area contributed by atoms with E-state index in [-0.39, 0.29) is 32.5 Å². The topological polar surface area (TPSA) is 200 Å². The van der Waals surface area contributed by atoms with E-state index in [0.717, 1.165) is 11.1 Å². The first-order valence-electron chi connectivity index (χ1n) is 19.6. The van der Waals surface area contributed by atoms with Crippen LogP contribution in [0.1, 0.15) is 56.8 Å². The maximum absolute atomic E-state index is 13.4. The highest BCUT2D eigenvalue weighted by molar-refractivity contribution is 6.37. The third kappa shape index (κ3) is 12.9. The highest BCUT2D eigenvalue weighted by Gasteiger charge is 2.27. The molecule has 0 fully saturated rings. The van der Waals surface area contributed by atoms with E-state index in [0.29, 0.717) is 58.5 Å². The number of ketones is 2. The predicted octanol–water partition coefficient (Wildman–Crippen LogP) is 11.0. The standard InChI is InChI=1S/C46H42Cl4N8O6/c1-25-21-38(54-46(64)42(28(4)60)58-56-36-16-8-14-34(40(36)50)44(62)52-32-12-6-10-30(24-32)18-20-48)26(2)22-37(25)53-45(63)41(27(3)59)57-55-35-15-7-13-33(39(35)49)43(61)51-31-11-5-9-29(23-31)17-19-47/h5-16,21-24,41-42H,17-20H2,1-4H3,(H,51,61)(H,52,62)(H,53,63)(H,54,64). The lowest BCUT2D eigenvalue weighted by Crippen LogP contribution is -2.32. The van der Waals surface area contributed by atoms with Crippen LogP contribution in [0.15, 0.2) is 118 Å². The number of carbonyl (C=O) groups is 6. The molecule has 0 aliphatic rings. The Labute approximate surface area is 389 Å². The van der Waals surface area contributed by atoms with Crippen LogP contribution in [0.2, 0.25) is 10.0 Å². The van der Waals surface area contributed by atoms with Gasteiger partial charge in [0, 0.05) is 34.5 Å². The lowest BCUT2D eigenvalue weighted by molar-refractivity contribution is -0.127. The Morgan fingerprint density at radius 2 is 0.906 bits per heavy atom. The van der Waals surface area contributed by atoms with E-state index in [1.54, 1.807) is 74.5 Å². The van der Waals surface area contributed by atoms with Crippen molar-refractivity contribution in [2.75, 3.05) is 33.0 Å². The number of anilines is 4. The van der Waals surface area contributed by atoms with Gasteiger partial charge < -0.3 is 21.3 Å². The van der Waals surface area contributed by atoms with Crippen molar-refractivity contribution in [3.8, 4) is 0 Å². The molecule has 0 spiro atoms. The molecule has 0 aliphatic carbocycles. The van der Waals surface area contributed by atoms with Crippen molar-refractivity contribution >= 4 is 116 Å². The van der Waals surface area contributed by atoms with Crippen LogP contribution in [-0.4, -0.2) is 59.0 Å². The second-order valence-corrected chi connectivity index (χ2v) is 15.9. The molecule has 14 nitrogen and oxygen atoms in total. The minimum absolute atomic E-state index is 0.0416. The monoisotopic (exact) mass is 942 g/mol. The lowest BCUT2D eigenvalue weighted by Gasteiger charge is -2.16. The number of nitrogens with one attached hydrogen (secondary N) is 4. The van der Waals surface area contributed by atoms with Gasteiger partial charge in [-0.2, -0.15) is 20.5 Å². The first kappa shape index (κ1) is 48.7. The van der Waals surface area contributed by atoms with Crippen molar-refractivity contribution in [1.29, 1.82) is 0 Å². The van der Waals surface area contributed by atoms with Crippen molar-refractivity contribution < 1.29 is 28.8 Å². The molecule has 0 radical (unpaired) electrons. The van der Waals surface area contributed by atoms with Gasteiger partial charge >= 0.3 is 0 Å². The summed E-state index contributed by atoms with van der Waals surface area (Å²) in [4.78, 5) is 78.4. The number of benzene rings is 5. The van der Waals surface area contributed by atoms with Crippen LogP contribution in [0.3, 0.4) is 0 Å². The van der Waals surface area contributed by atoms with Crippen molar-refractivity contribution in [3.05, 3.63) is 140 Å². The average Bonchev–Trinajstić information content (AvgIpc) is 3.24. The number of hydrogen-bond donors (Lipinski definition) is 4. The molecular weight excluding hydrogens is 902 g/mol. The smallest absolute Gasteiger partial charge is 0.258 e. The highest BCUT2D eigenvalue weighted by atomic mass is 35.5. The fourth-order valence-electron chi connectivity index (χ4n) is 6.13. The van der Waals surface area contributed by atoms with Gasteiger partial charge in [-0.05, 0) is 123 Å². The van der Waals surface area contributed by atoms with E-state index >= 15 is 0 Å². The molecule has 0 saturated carbocycles. The molecule has 4 N–H and O–H groups in total. The van der Waals surface area contributed by atoms with Crippen LogP contribution in [-0.2, 0) is 32.0 Å². The summed E-state index contributed by atoms with van der Waals surface area (Å²) < 4.78 is 0. The molecule has 64 heavy (non-hydrogen) atoms. The summed E-state index contributed by atoms with van der Waals surface area (Å²) in [6, 6.07) is 23.5. The van der Waals surface area contributed by atoms with Crippen LogP contribution in [0.4, 0.5) is 34.1 Å². The van der Waals surface area contributed by atoms with Gasteiger partial charge in [0.2, 0.25) is 12.1 Å². The van der Waals surface area contributed by atoms with Crippen LogP contribution in [0, 0.1) is 13.8 Å². The molecule has 0 saturated heterocycles. The Hall–Kier alpha value is -6.32. The molecule has 0 heterocycles. The van der Waals surface area contributed by atoms with Gasteiger partial charge in [-0.3, -0.25) is 28.8 Å². The zero-order valence-electron chi connectivity index (χ0n) is 35.0. The minimum atomic E-state index is -1.58. The Balaban J connectivity index is 1.25. The van der Waals surface area contributed by atoms with Gasteiger partial charge in [0.25, 0.3) is 23.6 Å². The number of amides is 4. The Morgan fingerprint density at radius 3 is 1.27 bits per heavy atom. The fraction of sp³-hybridized carbons (Fsp3) is 0.217. The number of Topliss-reactive ketones (excluding diaryl/α,β-unsaturated/α-hetero) is 2. The third-order valence-electron chi connectivity index (χ3n) is 9.50. The number of nitrogens with zero attached hydrogens (tertiary/aromatic N) is 4. The molecule has 0 aromatic heterocycles. The zero-order chi connectivity index (χ0) is 46.5. The maximum atomic E-state index is 13.4. The van der Waals surface area contributed by atoms with Crippen LogP contribution < -0.4 is 21.3 Å². The van der Waals surface area contributed by atoms with Crippen LogP contribution in [0.25, 0.3) is 0 Å².